The van der Waals surface area contributed by atoms with Crippen LogP contribution in [0.15, 0.2) is 27.5 Å². The van der Waals surface area contributed by atoms with Crippen molar-refractivity contribution in [2.24, 2.45) is 10.3 Å². The zero-order chi connectivity index (χ0) is 15.5. The molecule has 0 saturated heterocycles. The van der Waals surface area contributed by atoms with Crippen LogP contribution in [0.2, 0.25) is 0 Å². The van der Waals surface area contributed by atoms with Gasteiger partial charge in [0.2, 0.25) is 0 Å². The van der Waals surface area contributed by atoms with E-state index in [-0.39, 0.29) is 4.90 Å². The maximum atomic E-state index is 12.2. The van der Waals surface area contributed by atoms with Gasteiger partial charge in [-0.3, -0.25) is 0 Å². The molecule has 116 valence electrons. The first-order chi connectivity index (χ1) is 9.92. The molecule has 0 spiro atoms. The molecular formula is C14H20N2O3S2. The third-order valence-corrected chi connectivity index (χ3v) is 5.26. The van der Waals surface area contributed by atoms with Crippen LogP contribution in [-0.2, 0) is 10.0 Å². The number of amidine groups is 1. The highest BCUT2D eigenvalue weighted by Gasteiger charge is 2.25. The Morgan fingerprint density at radius 2 is 2.14 bits per heavy atom. The number of anilines is 1. The van der Waals surface area contributed by atoms with Crippen LogP contribution < -0.4 is 10.1 Å². The molecule has 0 saturated carbocycles. The minimum absolute atomic E-state index is 0.168. The van der Waals surface area contributed by atoms with Crippen LogP contribution in [0, 0.1) is 5.92 Å². The van der Waals surface area contributed by atoms with Gasteiger partial charge in [0.1, 0.15) is 10.6 Å². The predicted octanol–water partition coefficient (Wildman–Crippen LogP) is 3.33. The molecule has 1 aliphatic rings. The quantitative estimate of drug-likeness (QED) is 0.898. The number of ether oxygens (including phenoxy) is 1. The number of hydrogen-bond donors (Lipinski definition) is 1. The van der Waals surface area contributed by atoms with Crippen molar-refractivity contribution in [1.82, 2.24) is 0 Å². The highest BCUT2D eigenvalue weighted by molar-refractivity contribution is 8.14. The first kappa shape index (κ1) is 16.2. The molecule has 1 aliphatic heterocycles. The average molecular weight is 328 g/mol. The van der Waals surface area contributed by atoms with Crippen LogP contribution in [-0.4, -0.2) is 25.9 Å². The zero-order valence-electron chi connectivity index (χ0n) is 12.4. The Morgan fingerprint density at radius 1 is 1.38 bits per heavy atom. The summed E-state index contributed by atoms with van der Waals surface area (Å²) in [4.78, 5) is 0.168. The van der Waals surface area contributed by atoms with Gasteiger partial charge in [0.05, 0.1) is 12.3 Å². The number of sulfonamides is 1. The smallest absolute Gasteiger partial charge is 0.286 e. The normalized spacial score (nSPS) is 16.1. The number of nitrogens with one attached hydrogen (secondary N) is 1. The van der Waals surface area contributed by atoms with Gasteiger partial charge in [0, 0.05) is 11.8 Å². The van der Waals surface area contributed by atoms with Crippen molar-refractivity contribution in [1.29, 1.82) is 0 Å². The van der Waals surface area contributed by atoms with Crippen molar-refractivity contribution in [3.05, 3.63) is 18.2 Å². The lowest BCUT2D eigenvalue weighted by molar-refractivity contribution is 0.339. The molecule has 1 aromatic carbocycles. The van der Waals surface area contributed by atoms with E-state index in [9.17, 15) is 8.42 Å². The number of nitrogens with zero attached hydrogens (tertiary/aromatic N) is 1. The van der Waals surface area contributed by atoms with Crippen molar-refractivity contribution in [2.75, 3.05) is 17.7 Å². The Morgan fingerprint density at radius 3 is 2.81 bits per heavy atom. The standard InChI is InChI=1S/C14H20N2O3S2/c1-4-19-11-5-6-12-13(9-11)21(17,18)16-14(15-12)20-8-7-10(2)3/h5-6,9-10H,4,7-8H2,1-3H3,(H,15,16). The van der Waals surface area contributed by atoms with Gasteiger partial charge in [-0.1, -0.05) is 25.6 Å². The fraction of sp³-hybridized carbons (Fsp3) is 0.500. The summed E-state index contributed by atoms with van der Waals surface area (Å²) in [6.07, 6.45) is 1.02. The van der Waals surface area contributed by atoms with Gasteiger partial charge in [-0.2, -0.15) is 8.42 Å². The van der Waals surface area contributed by atoms with Crippen LogP contribution >= 0.6 is 11.8 Å². The molecule has 21 heavy (non-hydrogen) atoms. The van der Waals surface area contributed by atoms with Gasteiger partial charge in [0.15, 0.2) is 5.17 Å². The summed E-state index contributed by atoms with van der Waals surface area (Å²) >= 11 is 1.43. The van der Waals surface area contributed by atoms with Crippen molar-refractivity contribution in [3.63, 3.8) is 0 Å². The van der Waals surface area contributed by atoms with E-state index in [1.54, 1.807) is 12.1 Å². The maximum Gasteiger partial charge on any atom is 0.286 e. The van der Waals surface area contributed by atoms with Gasteiger partial charge in [-0.25, -0.2) is 0 Å². The average Bonchev–Trinajstić information content (AvgIpc) is 2.39. The molecule has 1 heterocycles. The van der Waals surface area contributed by atoms with Crippen molar-refractivity contribution < 1.29 is 13.2 Å². The fourth-order valence-corrected chi connectivity index (χ4v) is 4.32. The third-order valence-electron chi connectivity index (χ3n) is 2.92. The summed E-state index contributed by atoms with van der Waals surface area (Å²) in [6, 6.07) is 4.99. The minimum Gasteiger partial charge on any atom is -0.494 e. The lowest BCUT2D eigenvalue weighted by Gasteiger charge is -2.18. The van der Waals surface area contributed by atoms with Gasteiger partial charge >= 0.3 is 0 Å². The molecule has 0 fully saturated rings. The Bertz CT molecular complexity index is 640. The second-order valence-corrected chi connectivity index (χ2v) is 7.77. The first-order valence-electron chi connectivity index (χ1n) is 6.94. The molecule has 7 heteroatoms. The molecule has 0 aromatic heterocycles. The second kappa shape index (κ2) is 6.70. The predicted molar refractivity (Wildman–Crippen MR) is 87.8 cm³/mol. The SMILES string of the molecule is CCOc1ccc2c(c1)S(=O)(=O)N=C(SCCC(C)C)N2. The summed E-state index contributed by atoms with van der Waals surface area (Å²) in [5.74, 6) is 1.96. The number of rotatable bonds is 5. The van der Waals surface area contributed by atoms with Gasteiger partial charge in [-0.05, 0) is 31.4 Å². The third kappa shape index (κ3) is 4.14. The van der Waals surface area contributed by atoms with Gasteiger partial charge < -0.3 is 10.1 Å². The lowest BCUT2D eigenvalue weighted by atomic mass is 10.2. The van der Waals surface area contributed by atoms with Crippen LogP contribution in [0.3, 0.4) is 0 Å². The molecule has 1 aromatic rings. The molecular weight excluding hydrogens is 308 g/mol. The topological polar surface area (TPSA) is 67.8 Å². The highest BCUT2D eigenvalue weighted by Crippen LogP contribution is 2.32. The number of fused-ring (bicyclic) bond motifs is 1. The molecule has 0 radical (unpaired) electrons. The van der Waals surface area contributed by atoms with E-state index in [1.807, 2.05) is 6.92 Å². The Balaban J connectivity index is 2.19. The fourth-order valence-electron chi connectivity index (χ4n) is 1.83. The van der Waals surface area contributed by atoms with Gasteiger partial charge in [0.25, 0.3) is 10.0 Å². The highest BCUT2D eigenvalue weighted by atomic mass is 32.2. The first-order valence-corrected chi connectivity index (χ1v) is 9.36. The number of thioether (sulfide) groups is 1. The van der Waals surface area contributed by atoms with Crippen molar-refractivity contribution in [3.8, 4) is 5.75 Å². The lowest BCUT2D eigenvalue weighted by Crippen LogP contribution is -2.19. The minimum atomic E-state index is -3.66. The van der Waals surface area contributed by atoms with E-state index in [0.717, 1.165) is 12.2 Å². The van der Waals surface area contributed by atoms with Gasteiger partial charge in [-0.15, -0.1) is 4.40 Å². The van der Waals surface area contributed by atoms with E-state index in [4.69, 9.17) is 4.74 Å². The van der Waals surface area contributed by atoms with Crippen LogP contribution in [0.4, 0.5) is 5.69 Å². The van der Waals surface area contributed by atoms with E-state index in [1.165, 1.54) is 17.8 Å². The van der Waals surface area contributed by atoms with E-state index in [2.05, 4.69) is 23.6 Å². The molecule has 5 nitrogen and oxygen atoms in total. The maximum absolute atomic E-state index is 12.2. The number of benzene rings is 1. The number of hydrogen-bond acceptors (Lipinski definition) is 5. The molecule has 0 bridgehead atoms. The molecule has 0 amide bonds. The summed E-state index contributed by atoms with van der Waals surface area (Å²) in [5.41, 5.74) is 0.556. The molecule has 0 unspecified atom stereocenters. The zero-order valence-corrected chi connectivity index (χ0v) is 14.1. The molecule has 0 aliphatic carbocycles. The van der Waals surface area contributed by atoms with E-state index in [0.29, 0.717) is 29.1 Å². The summed E-state index contributed by atoms with van der Waals surface area (Å²) in [5, 5.41) is 3.51. The van der Waals surface area contributed by atoms with Crippen LogP contribution in [0.1, 0.15) is 27.2 Å². The van der Waals surface area contributed by atoms with Crippen molar-refractivity contribution in [2.45, 2.75) is 32.1 Å². The van der Waals surface area contributed by atoms with Crippen LogP contribution in [0.5, 0.6) is 5.75 Å². The summed E-state index contributed by atoms with van der Waals surface area (Å²) in [7, 11) is -3.66. The molecule has 0 atom stereocenters. The Kier molecular flexibility index (Phi) is 5.16. The largest absolute Gasteiger partial charge is 0.494 e. The Labute approximate surface area is 130 Å². The molecule has 1 N–H and O–H groups in total. The van der Waals surface area contributed by atoms with Crippen LogP contribution in [0.25, 0.3) is 0 Å². The van der Waals surface area contributed by atoms with E-state index < -0.39 is 10.0 Å². The van der Waals surface area contributed by atoms with E-state index >= 15 is 0 Å². The summed E-state index contributed by atoms with van der Waals surface area (Å²) < 4.78 is 33.7. The van der Waals surface area contributed by atoms with Crippen molar-refractivity contribution >= 4 is 32.6 Å². The summed E-state index contributed by atoms with van der Waals surface area (Å²) in [6.45, 7) is 6.62. The monoisotopic (exact) mass is 328 g/mol. The molecule has 2 rings (SSSR count). The second-order valence-electron chi connectivity index (χ2n) is 5.12. The Hall–Kier alpha value is -1.21.